The summed E-state index contributed by atoms with van der Waals surface area (Å²) >= 11 is 11.9. The van der Waals surface area contributed by atoms with Crippen LogP contribution in [0.2, 0.25) is 10.0 Å². The first-order chi connectivity index (χ1) is 10.5. The van der Waals surface area contributed by atoms with Crippen LogP contribution in [0.4, 0.5) is 0 Å². The predicted molar refractivity (Wildman–Crippen MR) is 89.7 cm³/mol. The molecule has 0 heterocycles. The number of rotatable bonds is 5. The van der Waals surface area contributed by atoms with Gasteiger partial charge >= 0.3 is 0 Å². The third-order valence-corrected chi connectivity index (χ3v) is 4.08. The quantitative estimate of drug-likeness (QED) is 0.876. The lowest BCUT2D eigenvalue weighted by atomic mass is 10.1. The van der Waals surface area contributed by atoms with E-state index in [2.05, 4.69) is 5.32 Å². The van der Waals surface area contributed by atoms with Crippen molar-refractivity contribution in [2.75, 3.05) is 7.11 Å². The zero-order valence-corrected chi connectivity index (χ0v) is 13.9. The van der Waals surface area contributed by atoms with E-state index in [0.717, 1.165) is 16.9 Å². The summed E-state index contributed by atoms with van der Waals surface area (Å²) < 4.78 is 5.09. The van der Waals surface area contributed by atoms with Gasteiger partial charge in [0.2, 0.25) is 5.91 Å². The Bertz CT molecular complexity index is 656. The summed E-state index contributed by atoms with van der Waals surface area (Å²) in [5.41, 5.74) is 1.84. The van der Waals surface area contributed by atoms with Crippen molar-refractivity contribution < 1.29 is 9.53 Å². The van der Waals surface area contributed by atoms with Gasteiger partial charge in [-0.25, -0.2) is 0 Å². The number of benzene rings is 2. The smallest absolute Gasteiger partial charge is 0.224 e. The fourth-order valence-electron chi connectivity index (χ4n) is 2.09. The van der Waals surface area contributed by atoms with Gasteiger partial charge in [0.1, 0.15) is 5.75 Å². The van der Waals surface area contributed by atoms with Gasteiger partial charge in [0.05, 0.1) is 29.6 Å². The Hall–Kier alpha value is -1.71. The van der Waals surface area contributed by atoms with Crippen molar-refractivity contribution in [1.29, 1.82) is 0 Å². The molecule has 2 aromatic carbocycles. The van der Waals surface area contributed by atoms with Crippen molar-refractivity contribution in [3.8, 4) is 5.75 Å². The normalized spacial score (nSPS) is 11.8. The Morgan fingerprint density at radius 2 is 1.82 bits per heavy atom. The van der Waals surface area contributed by atoms with Crippen LogP contribution in [0, 0.1) is 0 Å². The van der Waals surface area contributed by atoms with Crippen molar-refractivity contribution in [1.82, 2.24) is 5.32 Å². The minimum atomic E-state index is -0.138. The molecule has 116 valence electrons. The van der Waals surface area contributed by atoms with Gasteiger partial charge in [0.15, 0.2) is 0 Å². The molecule has 22 heavy (non-hydrogen) atoms. The molecule has 1 atom stereocenters. The molecule has 2 aromatic rings. The number of ether oxygens (including phenoxy) is 1. The van der Waals surface area contributed by atoms with Crippen LogP contribution in [0.3, 0.4) is 0 Å². The summed E-state index contributed by atoms with van der Waals surface area (Å²) in [4.78, 5) is 12.1. The Labute approximate surface area is 140 Å². The fourth-order valence-corrected chi connectivity index (χ4v) is 2.39. The molecular formula is C17H17Cl2NO2. The first kappa shape index (κ1) is 16.7. The molecule has 0 radical (unpaired) electrons. The molecule has 2 rings (SSSR count). The van der Waals surface area contributed by atoms with Crippen molar-refractivity contribution in [2.24, 2.45) is 0 Å². The number of amides is 1. The summed E-state index contributed by atoms with van der Waals surface area (Å²) in [5.74, 6) is 0.720. The number of halogens is 2. The standard InChI is InChI=1S/C17H17Cl2NO2/c1-11(13-5-8-15(18)16(19)10-13)20-17(21)9-12-3-6-14(22-2)7-4-12/h3-8,10-11H,9H2,1-2H3,(H,20,21). The minimum absolute atomic E-state index is 0.0521. The molecule has 3 nitrogen and oxygen atoms in total. The molecule has 0 bridgehead atoms. The topological polar surface area (TPSA) is 38.3 Å². The Morgan fingerprint density at radius 3 is 2.41 bits per heavy atom. The molecule has 1 N–H and O–H groups in total. The van der Waals surface area contributed by atoms with Crippen LogP contribution in [0.1, 0.15) is 24.1 Å². The highest BCUT2D eigenvalue weighted by Crippen LogP contribution is 2.25. The third kappa shape index (κ3) is 4.39. The molecule has 5 heteroatoms. The number of nitrogens with one attached hydrogen (secondary N) is 1. The molecule has 0 saturated carbocycles. The average Bonchev–Trinajstić information content (AvgIpc) is 2.50. The summed E-state index contributed by atoms with van der Waals surface area (Å²) in [6, 6.07) is 12.6. The first-order valence-corrected chi connectivity index (χ1v) is 7.62. The Balaban J connectivity index is 1.96. The van der Waals surface area contributed by atoms with Crippen molar-refractivity contribution in [2.45, 2.75) is 19.4 Å². The van der Waals surface area contributed by atoms with Gasteiger partial charge in [-0.2, -0.15) is 0 Å². The highest BCUT2D eigenvalue weighted by atomic mass is 35.5. The minimum Gasteiger partial charge on any atom is -0.497 e. The Kier molecular flexibility index (Phi) is 5.69. The largest absolute Gasteiger partial charge is 0.497 e. The second kappa shape index (κ2) is 7.52. The Morgan fingerprint density at radius 1 is 1.14 bits per heavy atom. The first-order valence-electron chi connectivity index (χ1n) is 6.87. The molecule has 0 fully saturated rings. The van der Waals surface area contributed by atoms with Gasteiger partial charge in [0.25, 0.3) is 0 Å². The van der Waals surface area contributed by atoms with Crippen LogP contribution in [-0.2, 0) is 11.2 Å². The number of hydrogen-bond donors (Lipinski definition) is 1. The van der Waals surface area contributed by atoms with Gasteiger partial charge in [-0.3, -0.25) is 4.79 Å². The maximum Gasteiger partial charge on any atom is 0.224 e. The van der Waals surface area contributed by atoms with Crippen LogP contribution >= 0.6 is 23.2 Å². The van der Waals surface area contributed by atoms with Gasteiger partial charge in [-0.05, 0) is 42.3 Å². The van der Waals surface area contributed by atoms with E-state index >= 15 is 0 Å². The number of carbonyl (C=O) groups excluding carboxylic acids is 1. The third-order valence-electron chi connectivity index (χ3n) is 3.34. The molecule has 0 aliphatic carbocycles. The van der Waals surface area contributed by atoms with Crippen LogP contribution in [0.15, 0.2) is 42.5 Å². The zero-order chi connectivity index (χ0) is 16.1. The predicted octanol–water partition coefficient (Wildman–Crippen LogP) is 4.42. The monoisotopic (exact) mass is 337 g/mol. The maximum absolute atomic E-state index is 12.1. The number of hydrogen-bond acceptors (Lipinski definition) is 2. The van der Waals surface area contributed by atoms with E-state index in [9.17, 15) is 4.79 Å². The number of carbonyl (C=O) groups is 1. The molecule has 0 spiro atoms. The van der Waals surface area contributed by atoms with E-state index in [1.807, 2.05) is 37.3 Å². The second-order valence-corrected chi connectivity index (χ2v) is 5.80. The fraction of sp³-hybridized carbons (Fsp3) is 0.235. The van der Waals surface area contributed by atoms with Crippen LogP contribution in [0.25, 0.3) is 0 Å². The molecular weight excluding hydrogens is 321 g/mol. The van der Waals surface area contributed by atoms with Gasteiger partial charge < -0.3 is 10.1 Å². The summed E-state index contributed by atoms with van der Waals surface area (Å²) in [6.07, 6.45) is 0.315. The van der Waals surface area contributed by atoms with Crippen molar-refractivity contribution >= 4 is 29.1 Å². The average molecular weight is 338 g/mol. The SMILES string of the molecule is COc1ccc(CC(=O)NC(C)c2ccc(Cl)c(Cl)c2)cc1. The highest BCUT2D eigenvalue weighted by Gasteiger charge is 2.11. The lowest BCUT2D eigenvalue weighted by Gasteiger charge is -2.15. The lowest BCUT2D eigenvalue weighted by molar-refractivity contribution is -0.121. The molecule has 0 aliphatic rings. The summed E-state index contributed by atoms with van der Waals surface area (Å²) in [5, 5.41) is 3.93. The van der Waals surface area contributed by atoms with Gasteiger partial charge in [0, 0.05) is 0 Å². The molecule has 1 unspecified atom stereocenters. The van der Waals surface area contributed by atoms with E-state index in [1.165, 1.54) is 0 Å². The molecule has 1 amide bonds. The maximum atomic E-state index is 12.1. The summed E-state index contributed by atoms with van der Waals surface area (Å²) in [7, 11) is 1.61. The molecule has 0 aromatic heterocycles. The van der Waals surface area contributed by atoms with E-state index in [0.29, 0.717) is 16.5 Å². The van der Waals surface area contributed by atoms with Crippen LogP contribution in [-0.4, -0.2) is 13.0 Å². The second-order valence-electron chi connectivity index (χ2n) is 4.99. The van der Waals surface area contributed by atoms with Crippen molar-refractivity contribution in [3.05, 3.63) is 63.6 Å². The summed E-state index contributed by atoms with van der Waals surface area (Å²) in [6.45, 7) is 1.91. The van der Waals surface area contributed by atoms with E-state index < -0.39 is 0 Å². The van der Waals surface area contributed by atoms with Crippen LogP contribution < -0.4 is 10.1 Å². The molecule has 0 aliphatic heterocycles. The number of methoxy groups -OCH3 is 1. The van der Waals surface area contributed by atoms with Gasteiger partial charge in [-0.15, -0.1) is 0 Å². The van der Waals surface area contributed by atoms with Crippen molar-refractivity contribution in [3.63, 3.8) is 0 Å². The van der Waals surface area contributed by atoms with E-state index in [4.69, 9.17) is 27.9 Å². The zero-order valence-electron chi connectivity index (χ0n) is 12.4. The van der Waals surface area contributed by atoms with E-state index in [-0.39, 0.29) is 11.9 Å². The molecule has 0 saturated heterocycles. The van der Waals surface area contributed by atoms with E-state index in [1.54, 1.807) is 19.2 Å². The van der Waals surface area contributed by atoms with Gasteiger partial charge in [-0.1, -0.05) is 41.4 Å². The van der Waals surface area contributed by atoms with Crippen LogP contribution in [0.5, 0.6) is 5.75 Å². The lowest BCUT2D eigenvalue weighted by Crippen LogP contribution is -2.28. The highest BCUT2D eigenvalue weighted by molar-refractivity contribution is 6.42.